The lowest BCUT2D eigenvalue weighted by atomic mass is 10.3. The Kier molecular flexibility index (Phi) is 4.34. The van der Waals surface area contributed by atoms with E-state index < -0.39 is 11.6 Å². The van der Waals surface area contributed by atoms with Gasteiger partial charge in [0.1, 0.15) is 5.82 Å². The van der Waals surface area contributed by atoms with Gasteiger partial charge in [-0.1, -0.05) is 0 Å². The van der Waals surface area contributed by atoms with Crippen molar-refractivity contribution in [2.24, 2.45) is 0 Å². The fourth-order valence-corrected chi connectivity index (χ4v) is 1.73. The third kappa shape index (κ3) is 3.57. The molecule has 2 N–H and O–H groups in total. The van der Waals surface area contributed by atoms with Crippen molar-refractivity contribution >= 4 is 5.69 Å². The zero-order valence-corrected chi connectivity index (χ0v) is 10.7. The molecule has 1 aromatic carbocycles. The lowest BCUT2D eigenvalue weighted by molar-refractivity contribution is 0.286. The SMILES string of the molecule is Nc1ccc(=O)n(CCCOc2ccc(F)cc2F)c1. The maximum Gasteiger partial charge on any atom is 0.250 e. The van der Waals surface area contributed by atoms with Crippen molar-refractivity contribution in [2.75, 3.05) is 12.3 Å². The van der Waals surface area contributed by atoms with Crippen LogP contribution in [0, 0.1) is 11.6 Å². The molecule has 0 aliphatic rings. The van der Waals surface area contributed by atoms with E-state index in [-0.39, 0.29) is 17.9 Å². The fourth-order valence-electron chi connectivity index (χ4n) is 1.73. The normalized spacial score (nSPS) is 10.5. The maximum absolute atomic E-state index is 13.3. The van der Waals surface area contributed by atoms with Gasteiger partial charge in [0.25, 0.3) is 5.56 Å². The predicted octanol–water partition coefficient (Wildman–Crippen LogP) is 2.18. The van der Waals surface area contributed by atoms with Crippen LogP contribution >= 0.6 is 0 Å². The van der Waals surface area contributed by atoms with E-state index in [1.807, 2.05) is 0 Å². The van der Waals surface area contributed by atoms with Crippen molar-refractivity contribution in [3.8, 4) is 5.75 Å². The molecule has 0 aliphatic heterocycles. The van der Waals surface area contributed by atoms with Crippen molar-refractivity contribution in [2.45, 2.75) is 13.0 Å². The summed E-state index contributed by atoms with van der Waals surface area (Å²) >= 11 is 0. The summed E-state index contributed by atoms with van der Waals surface area (Å²) in [6.07, 6.45) is 2.04. The third-order valence-corrected chi connectivity index (χ3v) is 2.70. The Bertz CT molecular complexity index is 656. The van der Waals surface area contributed by atoms with E-state index >= 15 is 0 Å². The number of hydrogen-bond donors (Lipinski definition) is 1. The highest BCUT2D eigenvalue weighted by molar-refractivity contribution is 5.33. The molecule has 0 amide bonds. The van der Waals surface area contributed by atoms with Gasteiger partial charge < -0.3 is 15.0 Å². The van der Waals surface area contributed by atoms with Gasteiger partial charge in [0.2, 0.25) is 0 Å². The molecule has 0 aliphatic carbocycles. The highest BCUT2D eigenvalue weighted by Crippen LogP contribution is 2.17. The minimum Gasteiger partial charge on any atom is -0.490 e. The van der Waals surface area contributed by atoms with Crippen LogP contribution in [0.5, 0.6) is 5.75 Å². The van der Waals surface area contributed by atoms with Gasteiger partial charge in [0.05, 0.1) is 6.61 Å². The zero-order chi connectivity index (χ0) is 14.5. The van der Waals surface area contributed by atoms with E-state index in [1.165, 1.54) is 22.8 Å². The summed E-state index contributed by atoms with van der Waals surface area (Å²) < 4.78 is 32.6. The smallest absolute Gasteiger partial charge is 0.250 e. The summed E-state index contributed by atoms with van der Waals surface area (Å²) in [5, 5.41) is 0. The summed E-state index contributed by atoms with van der Waals surface area (Å²) in [7, 11) is 0. The second-order valence-electron chi connectivity index (χ2n) is 4.27. The molecule has 0 atom stereocenters. The van der Waals surface area contributed by atoms with E-state index in [9.17, 15) is 13.6 Å². The molecule has 0 bridgehead atoms. The van der Waals surface area contributed by atoms with Gasteiger partial charge in [0.15, 0.2) is 11.6 Å². The lowest BCUT2D eigenvalue weighted by Crippen LogP contribution is -2.20. The van der Waals surface area contributed by atoms with Crippen LogP contribution in [0.2, 0.25) is 0 Å². The molecule has 2 rings (SSSR count). The minimum absolute atomic E-state index is 0.00803. The Morgan fingerprint density at radius 1 is 1.20 bits per heavy atom. The molecule has 6 heteroatoms. The van der Waals surface area contributed by atoms with Crippen molar-refractivity contribution in [1.82, 2.24) is 4.57 Å². The van der Waals surface area contributed by atoms with Gasteiger partial charge in [-0.3, -0.25) is 4.79 Å². The Morgan fingerprint density at radius 3 is 2.75 bits per heavy atom. The van der Waals surface area contributed by atoms with Gasteiger partial charge in [-0.15, -0.1) is 0 Å². The number of nitrogen functional groups attached to an aromatic ring is 1. The van der Waals surface area contributed by atoms with Crippen LogP contribution in [-0.4, -0.2) is 11.2 Å². The summed E-state index contributed by atoms with van der Waals surface area (Å²) in [6, 6.07) is 6.04. The van der Waals surface area contributed by atoms with Crippen LogP contribution in [0.25, 0.3) is 0 Å². The van der Waals surface area contributed by atoms with E-state index in [1.54, 1.807) is 6.20 Å². The maximum atomic E-state index is 13.3. The number of benzene rings is 1. The minimum atomic E-state index is -0.744. The molecule has 0 saturated carbocycles. The number of hydrogen-bond acceptors (Lipinski definition) is 3. The first-order chi connectivity index (χ1) is 9.56. The molecule has 0 spiro atoms. The highest BCUT2D eigenvalue weighted by Gasteiger charge is 2.04. The number of anilines is 1. The first kappa shape index (κ1) is 14.0. The Balaban J connectivity index is 1.87. The van der Waals surface area contributed by atoms with Crippen LogP contribution < -0.4 is 16.0 Å². The van der Waals surface area contributed by atoms with E-state index in [0.717, 1.165) is 12.1 Å². The van der Waals surface area contributed by atoms with E-state index in [4.69, 9.17) is 10.5 Å². The molecule has 0 saturated heterocycles. The van der Waals surface area contributed by atoms with Crippen LogP contribution in [-0.2, 0) is 6.54 Å². The fraction of sp³-hybridized carbons (Fsp3) is 0.214. The molecule has 106 valence electrons. The highest BCUT2D eigenvalue weighted by atomic mass is 19.1. The van der Waals surface area contributed by atoms with E-state index in [2.05, 4.69) is 0 Å². The Hall–Kier alpha value is -2.37. The van der Waals surface area contributed by atoms with Crippen molar-refractivity contribution in [1.29, 1.82) is 0 Å². The lowest BCUT2D eigenvalue weighted by Gasteiger charge is -2.09. The second-order valence-corrected chi connectivity index (χ2v) is 4.27. The van der Waals surface area contributed by atoms with Gasteiger partial charge in [-0.05, 0) is 24.6 Å². The summed E-state index contributed by atoms with van der Waals surface area (Å²) in [5.41, 5.74) is 5.92. The quantitative estimate of drug-likeness (QED) is 0.854. The topological polar surface area (TPSA) is 57.2 Å². The van der Waals surface area contributed by atoms with Crippen LogP contribution in [0.3, 0.4) is 0 Å². The molecule has 0 radical (unpaired) electrons. The summed E-state index contributed by atoms with van der Waals surface area (Å²) in [4.78, 5) is 11.5. The molecule has 0 fully saturated rings. The molecule has 2 aromatic rings. The average molecular weight is 280 g/mol. The molecule has 1 heterocycles. The number of aryl methyl sites for hydroxylation is 1. The number of nitrogens with two attached hydrogens (primary N) is 1. The van der Waals surface area contributed by atoms with Gasteiger partial charge in [-0.25, -0.2) is 8.78 Å². The van der Waals surface area contributed by atoms with Crippen LogP contribution in [0.4, 0.5) is 14.5 Å². The van der Waals surface area contributed by atoms with Crippen molar-refractivity contribution in [3.05, 3.63) is 58.5 Å². The number of pyridine rings is 1. The van der Waals surface area contributed by atoms with Gasteiger partial charge in [0, 0.05) is 30.6 Å². The Labute approximate surface area is 114 Å². The molecule has 0 unspecified atom stereocenters. The summed E-state index contributed by atoms with van der Waals surface area (Å²) in [6.45, 7) is 0.622. The van der Waals surface area contributed by atoms with Crippen molar-refractivity contribution in [3.63, 3.8) is 0 Å². The standard InChI is InChI=1S/C14H14F2N2O2/c15-10-2-4-13(12(16)8-10)20-7-1-6-18-9-11(17)3-5-14(18)19/h2-5,8-9H,1,6-7,17H2. The molecule has 1 aromatic heterocycles. The largest absolute Gasteiger partial charge is 0.490 e. The zero-order valence-electron chi connectivity index (χ0n) is 10.7. The second kappa shape index (κ2) is 6.18. The molecular weight excluding hydrogens is 266 g/mol. The van der Waals surface area contributed by atoms with E-state index in [0.29, 0.717) is 18.7 Å². The third-order valence-electron chi connectivity index (χ3n) is 2.70. The number of rotatable bonds is 5. The Morgan fingerprint density at radius 2 is 2.00 bits per heavy atom. The number of halogens is 2. The van der Waals surface area contributed by atoms with Crippen molar-refractivity contribution < 1.29 is 13.5 Å². The molecule has 4 nitrogen and oxygen atoms in total. The first-order valence-electron chi connectivity index (χ1n) is 6.10. The monoisotopic (exact) mass is 280 g/mol. The number of aromatic nitrogens is 1. The van der Waals surface area contributed by atoms with Crippen LogP contribution in [0.1, 0.15) is 6.42 Å². The molecular formula is C14H14F2N2O2. The predicted molar refractivity (Wildman–Crippen MR) is 71.6 cm³/mol. The molecule has 20 heavy (non-hydrogen) atoms. The summed E-state index contributed by atoms with van der Waals surface area (Å²) in [5.74, 6) is -1.40. The first-order valence-corrected chi connectivity index (χ1v) is 6.10. The number of nitrogens with zero attached hydrogens (tertiary/aromatic N) is 1. The van der Waals surface area contributed by atoms with Gasteiger partial charge in [-0.2, -0.15) is 0 Å². The average Bonchev–Trinajstić information content (AvgIpc) is 2.40. The number of ether oxygens (including phenoxy) is 1. The van der Waals surface area contributed by atoms with Crippen LogP contribution in [0.15, 0.2) is 41.3 Å². The van der Waals surface area contributed by atoms with Gasteiger partial charge >= 0.3 is 0 Å².